The van der Waals surface area contributed by atoms with Gasteiger partial charge in [0.05, 0.1) is 7.11 Å². The number of aliphatic imine (C=N–C) groups is 1. The van der Waals surface area contributed by atoms with E-state index >= 15 is 0 Å². The number of rotatable bonds is 7. The van der Waals surface area contributed by atoms with E-state index < -0.39 is 0 Å². The SMILES string of the molecule is CN=C(NCCCCC(=O)OC)NCc1ccccc1C. The smallest absolute Gasteiger partial charge is 0.305 e. The van der Waals surface area contributed by atoms with Crippen molar-refractivity contribution in [2.45, 2.75) is 32.7 Å². The molecule has 0 bridgehead atoms. The molecule has 1 aromatic carbocycles. The van der Waals surface area contributed by atoms with Crippen molar-refractivity contribution in [1.82, 2.24) is 10.6 Å². The van der Waals surface area contributed by atoms with Crippen LogP contribution in [0.1, 0.15) is 30.4 Å². The zero-order valence-electron chi connectivity index (χ0n) is 13.1. The summed E-state index contributed by atoms with van der Waals surface area (Å²) in [5, 5.41) is 6.52. The zero-order valence-corrected chi connectivity index (χ0v) is 13.1. The van der Waals surface area contributed by atoms with Gasteiger partial charge in [0.15, 0.2) is 5.96 Å². The molecule has 116 valence electrons. The van der Waals surface area contributed by atoms with E-state index in [-0.39, 0.29) is 5.97 Å². The number of nitrogens with one attached hydrogen (secondary N) is 2. The van der Waals surface area contributed by atoms with E-state index in [4.69, 9.17) is 0 Å². The molecule has 0 fully saturated rings. The summed E-state index contributed by atoms with van der Waals surface area (Å²) in [4.78, 5) is 15.2. The van der Waals surface area contributed by atoms with Gasteiger partial charge in [-0.1, -0.05) is 24.3 Å². The van der Waals surface area contributed by atoms with Gasteiger partial charge in [0.1, 0.15) is 0 Å². The maximum absolute atomic E-state index is 11.0. The maximum atomic E-state index is 11.0. The fourth-order valence-corrected chi connectivity index (χ4v) is 1.91. The van der Waals surface area contributed by atoms with E-state index in [1.165, 1.54) is 18.2 Å². The number of hydrogen-bond donors (Lipinski definition) is 2. The van der Waals surface area contributed by atoms with Gasteiger partial charge >= 0.3 is 5.97 Å². The lowest BCUT2D eigenvalue weighted by Gasteiger charge is -2.13. The van der Waals surface area contributed by atoms with Crippen LogP contribution in [0.15, 0.2) is 29.3 Å². The number of nitrogens with zero attached hydrogens (tertiary/aromatic N) is 1. The summed E-state index contributed by atoms with van der Waals surface area (Å²) in [6, 6.07) is 8.27. The summed E-state index contributed by atoms with van der Waals surface area (Å²) < 4.78 is 4.60. The molecule has 0 heterocycles. The van der Waals surface area contributed by atoms with E-state index in [0.717, 1.165) is 31.9 Å². The molecule has 5 nitrogen and oxygen atoms in total. The molecule has 0 saturated heterocycles. The Bertz CT molecular complexity index is 472. The van der Waals surface area contributed by atoms with E-state index in [0.29, 0.717) is 6.42 Å². The molecule has 1 aromatic rings. The number of carbonyl (C=O) groups excluding carboxylic acids is 1. The molecule has 0 unspecified atom stereocenters. The fraction of sp³-hybridized carbons (Fsp3) is 0.500. The predicted molar refractivity (Wildman–Crippen MR) is 85.2 cm³/mol. The average molecular weight is 291 g/mol. The Morgan fingerprint density at radius 3 is 2.67 bits per heavy atom. The van der Waals surface area contributed by atoms with Gasteiger partial charge in [0.25, 0.3) is 0 Å². The summed E-state index contributed by atoms with van der Waals surface area (Å²) in [5.74, 6) is 0.619. The topological polar surface area (TPSA) is 62.7 Å². The Kier molecular flexibility index (Phi) is 7.94. The van der Waals surface area contributed by atoms with Gasteiger partial charge in [-0.3, -0.25) is 9.79 Å². The highest BCUT2D eigenvalue weighted by Crippen LogP contribution is 2.05. The molecule has 1 rings (SSSR count). The van der Waals surface area contributed by atoms with Gasteiger partial charge in [-0.25, -0.2) is 0 Å². The maximum Gasteiger partial charge on any atom is 0.305 e. The molecule has 0 atom stereocenters. The van der Waals surface area contributed by atoms with Crippen LogP contribution in [-0.4, -0.2) is 32.6 Å². The molecular formula is C16H25N3O2. The van der Waals surface area contributed by atoms with Crippen LogP contribution < -0.4 is 10.6 Å². The van der Waals surface area contributed by atoms with Gasteiger partial charge in [0, 0.05) is 26.6 Å². The first-order valence-electron chi connectivity index (χ1n) is 7.23. The number of unbranched alkanes of at least 4 members (excludes halogenated alkanes) is 1. The van der Waals surface area contributed by atoms with Crippen molar-refractivity contribution in [3.63, 3.8) is 0 Å². The van der Waals surface area contributed by atoms with Crippen LogP contribution in [0.4, 0.5) is 0 Å². The van der Waals surface area contributed by atoms with Crippen LogP contribution in [0.3, 0.4) is 0 Å². The van der Waals surface area contributed by atoms with Crippen molar-refractivity contribution < 1.29 is 9.53 Å². The van der Waals surface area contributed by atoms with Crippen molar-refractivity contribution >= 4 is 11.9 Å². The first kappa shape index (κ1) is 17.0. The number of carbonyl (C=O) groups is 1. The van der Waals surface area contributed by atoms with Crippen molar-refractivity contribution in [3.05, 3.63) is 35.4 Å². The number of esters is 1. The lowest BCUT2D eigenvalue weighted by atomic mass is 10.1. The zero-order chi connectivity index (χ0) is 15.5. The monoisotopic (exact) mass is 291 g/mol. The second-order valence-corrected chi connectivity index (χ2v) is 4.81. The standard InChI is InChI=1S/C16H25N3O2/c1-13-8-4-5-9-14(13)12-19-16(17-2)18-11-7-6-10-15(20)21-3/h4-5,8-9H,6-7,10-12H2,1-3H3,(H2,17,18,19). The third-order valence-electron chi connectivity index (χ3n) is 3.26. The molecule has 2 N–H and O–H groups in total. The number of methoxy groups -OCH3 is 1. The predicted octanol–water partition coefficient (Wildman–Crippen LogP) is 2.00. The molecule has 0 spiro atoms. The summed E-state index contributed by atoms with van der Waals surface area (Å²) in [6.45, 7) is 3.62. The molecule has 0 aliphatic heterocycles. The first-order chi connectivity index (χ1) is 10.2. The fourth-order valence-electron chi connectivity index (χ4n) is 1.91. The van der Waals surface area contributed by atoms with Crippen LogP contribution in [-0.2, 0) is 16.1 Å². The third kappa shape index (κ3) is 6.79. The van der Waals surface area contributed by atoms with Gasteiger partial charge in [-0.05, 0) is 30.9 Å². The van der Waals surface area contributed by atoms with E-state index in [9.17, 15) is 4.79 Å². The molecule has 0 aromatic heterocycles. The second kappa shape index (κ2) is 9.80. The van der Waals surface area contributed by atoms with Crippen LogP contribution in [0.5, 0.6) is 0 Å². The number of aryl methyl sites for hydroxylation is 1. The van der Waals surface area contributed by atoms with Gasteiger partial charge in [-0.2, -0.15) is 0 Å². The minimum absolute atomic E-state index is 0.156. The van der Waals surface area contributed by atoms with Crippen LogP contribution in [0, 0.1) is 6.92 Å². The van der Waals surface area contributed by atoms with Gasteiger partial charge in [0.2, 0.25) is 0 Å². The van der Waals surface area contributed by atoms with E-state index in [2.05, 4.69) is 39.4 Å². The minimum Gasteiger partial charge on any atom is -0.469 e. The molecule has 5 heteroatoms. The van der Waals surface area contributed by atoms with Crippen molar-refractivity contribution in [2.24, 2.45) is 4.99 Å². The lowest BCUT2D eigenvalue weighted by Crippen LogP contribution is -2.37. The average Bonchev–Trinajstić information content (AvgIpc) is 2.51. The van der Waals surface area contributed by atoms with Crippen molar-refractivity contribution in [2.75, 3.05) is 20.7 Å². The highest BCUT2D eigenvalue weighted by Gasteiger charge is 2.02. The Labute approximate surface area is 126 Å². The molecule has 0 aliphatic carbocycles. The van der Waals surface area contributed by atoms with Crippen LogP contribution in [0.25, 0.3) is 0 Å². The Hall–Kier alpha value is -2.04. The highest BCUT2D eigenvalue weighted by atomic mass is 16.5. The van der Waals surface area contributed by atoms with Gasteiger partial charge in [-0.15, -0.1) is 0 Å². The molecule has 0 amide bonds. The Balaban J connectivity index is 2.24. The van der Waals surface area contributed by atoms with Gasteiger partial charge < -0.3 is 15.4 Å². The minimum atomic E-state index is -0.156. The normalized spacial score (nSPS) is 11.1. The molecule has 0 radical (unpaired) electrons. The van der Waals surface area contributed by atoms with Crippen LogP contribution in [0.2, 0.25) is 0 Å². The number of ether oxygens (including phenoxy) is 1. The highest BCUT2D eigenvalue weighted by molar-refractivity contribution is 5.79. The van der Waals surface area contributed by atoms with Crippen LogP contribution >= 0.6 is 0 Å². The Morgan fingerprint density at radius 1 is 1.24 bits per heavy atom. The molecule has 0 aliphatic rings. The number of guanidine groups is 1. The quantitative estimate of drug-likeness (QED) is 0.349. The number of hydrogen-bond acceptors (Lipinski definition) is 3. The van der Waals surface area contributed by atoms with Crippen molar-refractivity contribution in [1.29, 1.82) is 0 Å². The summed E-state index contributed by atoms with van der Waals surface area (Å²) in [7, 11) is 3.17. The third-order valence-corrected chi connectivity index (χ3v) is 3.26. The summed E-state index contributed by atoms with van der Waals surface area (Å²) >= 11 is 0. The lowest BCUT2D eigenvalue weighted by molar-refractivity contribution is -0.140. The summed E-state index contributed by atoms with van der Waals surface area (Å²) in [5.41, 5.74) is 2.52. The second-order valence-electron chi connectivity index (χ2n) is 4.81. The largest absolute Gasteiger partial charge is 0.469 e. The molecular weight excluding hydrogens is 266 g/mol. The molecule has 0 saturated carbocycles. The Morgan fingerprint density at radius 2 is 2.00 bits per heavy atom. The van der Waals surface area contributed by atoms with E-state index in [1.54, 1.807) is 7.05 Å². The number of benzene rings is 1. The molecule has 21 heavy (non-hydrogen) atoms. The first-order valence-corrected chi connectivity index (χ1v) is 7.23. The summed E-state index contributed by atoms with van der Waals surface area (Å²) in [6.07, 6.45) is 2.18. The van der Waals surface area contributed by atoms with E-state index in [1.807, 2.05) is 12.1 Å². The van der Waals surface area contributed by atoms with Crippen molar-refractivity contribution in [3.8, 4) is 0 Å².